The van der Waals surface area contributed by atoms with Crippen LogP contribution in [0.1, 0.15) is 26.4 Å². The van der Waals surface area contributed by atoms with Crippen molar-refractivity contribution >= 4 is 33.0 Å². The van der Waals surface area contributed by atoms with Gasteiger partial charge in [0, 0.05) is 22.1 Å². The number of nitrogens with two attached hydrogens (primary N) is 1. The number of pyridine rings is 1. The van der Waals surface area contributed by atoms with Gasteiger partial charge in [0.05, 0.1) is 17.6 Å². The number of fused-ring (bicyclic) bond motifs is 1. The summed E-state index contributed by atoms with van der Waals surface area (Å²) in [6.07, 6.45) is 1.63. The minimum atomic E-state index is -0.0946. The molecule has 0 radical (unpaired) electrons. The number of carbonyl (C=O) groups excluding carboxylic acids is 1. The van der Waals surface area contributed by atoms with E-state index in [-0.39, 0.29) is 5.78 Å². The number of nitrogens with zero attached hydrogens (tertiary/aromatic N) is 1. The van der Waals surface area contributed by atoms with Crippen molar-refractivity contribution in [1.29, 1.82) is 0 Å². The van der Waals surface area contributed by atoms with Gasteiger partial charge < -0.3 is 10.2 Å². The van der Waals surface area contributed by atoms with Crippen molar-refractivity contribution in [1.82, 2.24) is 4.98 Å². The molecule has 0 saturated heterocycles. The molecule has 0 bridgehead atoms. The van der Waals surface area contributed by atoms with Crippen LogP contribution in [0.3, 0.4) is 0 Å². The molecule has 2 aromatic carbocycles. The molecule has 0 unspecified atom stereocenters. The fourth-order valence-corrected chi connectivity index (χ4v) is 4.71. The molecule has 4 nitrogen and oxygen atoms in total. The zero-order valence-corrected chi connectivity index (χ0v) is 18.0. The van der Waals surface area contributed by atoms with E-state index in [1.54, 1.807) is 6.26 Å². The summed E-state index contributed by atoms with van der Waals surface area (Å²) in [5.41, 5.74) is 12.5. The van der Waals surface area contributed by atoms with Crippen molar-refractivity contribution < 1.29 is 9.21 Å². The zero-order chi connectivity index (χ0) is 21.5. The molecule has 152 valence electrons. The number of thiophene rings is 1. The summed E-state index contributed by atoms with van der Waals surface area (Å²) >= 11 is 1.33. The maximum atomic E-state index is 13.2. The fraction of sp³-hybridized carbons (Fsp3) is 0.0769. The number of anilines is 1. The molecule has 0 aliphatic rings. The molecule has 31 heavy (non-hydrogen) atoms. The van der Waals surface area contributed by atoms with Crippen LogP contribution in [0.25, 0.3) is 32.8 Å². The quantitative estimate of drug-likeness (QED) is 0.328. The Balaban J connectivity index is 1.73. The Morgan fingerprint density at radius 1 is 0.968 bits per heavy atom. The number of aryl methyl sites for hydroxylation is 2. The van der Waals surface area contributed by atoms with Gasteiger partial charge >= 0.3 is 0 Å². The van der Waals surface area contributed by atoms with Gasteiger partial charge in [-0.2, -0.15) is 0 Å². The van der Waals surface area contributed by atoms with E-state index in [0.29, 0.717) is 21.9 Å². The lowest BCUT2D eigenvalue weighted by molar-refractivity contribution is 0.104. The molecule has 0 spiro atoms. The summed E-state index contributed by atoms with van der Waals surface area (Å²) in [6.45, 7) is 4.05. The zero-order valence-electron chi connectivity index (χ0n) is 17.2. The predicted molar refractivity (Wildman–Crippen MR) is 127 cm³/mol. The maximum Gasteiger partial charge on any atom is 0.205 e. The van der Waals surface area contributed by atoms with Gasteiger partial charge in [-0.25, -0.2) is 4.98 Å². The van der Waals surface area contributed by atoms with E-state index in [0.717, 1.165) is 32.6 Å². The number of hydrogen-bond donors (Lipinski definition) is 1. The maximum absolute atomic E-state index is 13.2. The average molecular weight is 425 g/mol. The lowest BCUT2D eigenvalue weighted by Gasteiger charge is -2.07. The van der Waals surface area contributed by atoms with Crippen LogP contribution in [0.15, 0.2) is 77.4 Å². The van der Waals surface area contributed by atoms with Gasteiger partial charge in [-0.15, -0.1) is 11.3 Å². The third kappa shape index (κ3) is 3.43. The van der Waals surface area contributed by atoms with Crippen LogP contribution < -0.4 is 5.73 Å². The van der Waals surface area contributed by atoms with Crippen LogP contribution in [0.2, 0.25) is 0 Å². The van der Waals surface area contributed by atoms with E-state index in [1.807, 2.05) is 61.5 Å². The van der Waals surface area contributed by atoms with E-state index in [4.69, 9.17) is 15.1 Å². The van der Waals surface area contributed by atoms with Crippen LogP contribution in [0, 0.1) is 13.8 Å². The third-order valence-corrected chi connectivity index (χ3v) is 6.45. The largest absolute Gasteiger partial charge is 0.464 e. The Kier molecular flexibility index (Phi) is 4.68. The van der Waals surface area contributed by atoms with E-state index in [2.05, 4.69) is 19.1 Å². The molecule has 0 aliphatic heterocycles. The third-order valence-electron chi connectivity index (χ3n) is 5.35. The SMILES string of the molecule is Cc1ccc(C(=O)c2sc3nc(-c4ccc(C)cc4)cc(-c4ccco4)c3c2N)cc1. The molecule has 0 saturated carbocycles. The van der Waals surface area contributed by atoms with E-state index < -0.39 is 0 Å². The molecule has 5 aromatic rings. The van der Waals surface area contributed by atoms with Crippen LogP contribution in [-0.4, -0.2) is 10.8 Å². The topological polar surface area (TPSA) is 69.1 Å². The highest BCUT2D eigenvalue weighted by atomic mass is 32.1. The normalized spacial score (nSPS) is 11.2. The predicted octanol–water partition coefficient (Wildman–Crippen LogP) is 6.65. The Morgan fingerprint density at radius 2 is 1.65 bits per heavy atom. The number of aromatic nitrogens is 1. The first kappa shape index (κ1) is 19.3. The number of hydrogen-bond acceptors (Lipinski definition) is 5. The average Bonchev–Trinajstić information content (AvgIpc) is 3.42. The standard InChI is InChI=1S/C26H20N2O2S/c1-15-5-9-17(10-6-15)20-14-19(21-4-3-13-30-21)22-23(27)25(31-26(22)28-20)24(29)18-11-7-16(2)8-12-18/h3-14H,27H2,1-2H3. The second-order valence-electron chi connectivity index (χ2n) is 7.62. The number of benzene rings is 2. The van der Waals surface area contributed by atoms with Crippen LogP contribution in [-0.2, 0) is 0 Å². The van der Waals surface area contributed by atoms with Crippen molar-refractivity contribution in [2.24, 2.45) is 0 Å². The summed E-state index contributed by atoms with van der Waals surface area (Å²) in [4.78, 5) is 19.3. The number of ketones is 1. The molecule has 3 aromatic heterocycles. The first-order valence-electron chi connectivity index (χ1n) is 9.96. The highest BCUT2D eigenvalue weighted by molar-refractivity contribution is 7.21. The van der Waals surface area contributed by atoms with Gasteiger partial charge in [0.2, 0.25) is 5.78 Å². The summed E-state index contributed by atoms with van der Waals surface area (Å²) in [5, 5.41) is 0.756. The number of rotatable bonds is 4. The fourth-order valence-electron chi connectivity index (χ4n) is 3.62. The summed E-state index contributed by atoms with van der Waals surface area (Å²) in [7, 11) is 0. The Labute approximate surface area is 184 Å². The molecule has 0 fully saturated rings. The van der Waals surface area contributed by atoms with Crippen LogP contribution >= 0.6 is 11.3 Å². The Hall–Kier alpha value is -3.70. The minimum Gasteiger partial charge on any atom is -0.464 e. The summed E-state index contributed by atoms with van der Waals surface area (Å²) in [6, 6.07) is 21.5. The second kappa shape index (κ2) is 7.52. The van der Waals surface area contributed by atoms with Gasteiger partial charge in [0.15, 0.2) is 0 Å². The van der Waals surface area contributed by atoms with Crippen molar-refractivity contribution in [3.8, 4) is 22.6 Å². The van der Waals surface area contributed by atoms with E-state index in [1.165, 1.54) is 16.9 Å². The van der Waals surface area contributed by atoms with Crippen molar-refractivity contribution in [3.05, 3.63) is 94.6 Å². The molecule has 3 heterocycles. The first-order valence-corrected chi connectivity index (χ1v) is 10.8. The Morgan fingerprint density at radius 3 is 2.29 bits per heavy atom. The number of nitrogen functional groups attached to an aromatic ring is 1. The monoisotopic (exact) mass is 424 g/mol. The van der Waals surface area contributed by atoms with Gasteiger partial charge in [0.25, 0.3) is 0 Å². The van der Waals surface area contributed by atoms with Crippen molar-refractivity contribution in [2.75, 3.05) is 5.73 Å². The van der Waals surface area contributed by atoms with Crippen molar-refractivity contribution in [2.45, 2.75) is 13.8 Å². The van der Waals surface area contributed by atoms with Gasteiger partial charge in [-0.3, -0.25) is 4.79 Å². The smallest absolute Gasteiger partial charge is 0.205 e. The number of carbonyl (C=O) groups is 1. The second-order valence-corrected chi connectivity index (χ2v) is 8.62. The Bertz CT molecular complexity index is 1400. The van der Waals surface area contributed by atoms with Gasteiger partial charge in [-0.1, -0.05) is 59.7 Å². The van der Waals surface area contributed by atoms with E-state index in [9.17, 15) is 4.79 Å². The van der Waals surface area contributed by atoms with Crippen LogP contribution in [0.4, 0.5) is 5.69 Å². The van der Waals surface area contributed by atoms with Gasteiger partial charge in [0.1, 0.15) is 15.5 Å². The molecule has 0 atom stereocenters. The lowest BCUT2D eigenvalue weighted by atomic mass is 10.0. The van der Waals surface area contributed by atoms with Crippen molar-refractivity contribution in [3.63, 3.8) is 0 Å². The first-order chi connectivity index (χ1) is 15.0. The van der Waals surface area contributed by atoms with Gasteiger partial charge in [-0.05, 0) is 32.0 Å². The molecule has 2 N–H and O–H groups in total. The molecule has 5 heteroatoms. The minimum absolute atomic E-state index is 0.0946. The lowest BCUT2D eigenvalue weighted by Crippen LogP contribution is -2.02. The summed E-state index contributed by atoms with van der Waals surface area (Å²) < 4.78 is 5.70. The molecule has 0 amide bonds. The highest BCUT2D eigenvalue weighted by Gasteiger charge is 2.23. The van der Waals surface area contributed by atoms with Crippen LogP contribution in [0.5, 0.6) is 0 Å². The summed E-state index contributed by atoms with van der Waals surface area (Å²) in [5.74, 6) is 0.599. The molecular formula is C26H20N2O2S. The molecule has 5 rings (SSSR count). The number of furan rings is 1. The highest BCUT2D eigenvalue weighted by Crippen LogP contribution is 2.42. The van der Waals surface area contributed by atoms with E-state index >= 15 is 0 Å². The molecule has 0 aliphatic carbocycles. The molecular weight excluding hydrogens is 404 g/mol.